The minimum absolute atomic E-state index is 0.0251. The lowest BCUT2D eigenvalue weighted by Gasteiger charge is -2.08. The van der Waals surface area contributed by atoms with Gasteiger partial charge in [-0.25, -0.2) is 8.42 Å². The molecule has 0 saturated carbocycles. The lowest BCUT2D eigenvalue weighted by molar-refractivity contribution is 0.0946. The van der Waals surface area contributed by atoms with Crippen LogP contribution in [0.3, 0.4) is 0 Å². The van der Waals surface area contributed by atoms with Gasteiger partial charge in [-0.2, -0.15) is 4.98 Å². The first kappa shape index (κ1) is 19.8. The highest BCUT2D eigenvalue weighted by molar-refractivity contribution is 7.92. The van der Waals surface area contributed by atoms with E-state index < -0.39 is 15.9 Å². The summed E-state index contributed by atoms with van der Waals surface area (Å²) < 4.78 is 30.0. The Morgan fingerprint density at radius 1 is 1.21 bits per heavy atom. The van der Waals surface area contributed by atoms with Gasteiger partial charge in [-0.1, -0.05) is 40.5 Å². The van der Waals surface area contributed by atoms with Crippen LogP contribution in [-0.4, -0.2) is 30.7 Å². The normalized spacial score (nSPS) is 11.2. The maximum atomic E-state index is 12.3. The van der Waals surface area contributed by atoms with Gasteiger partial charge in [0.05, 0.1) is 23.4 Å². The molecule has 0 aliphatic rings. The number of rotatable bonds is 6. The molecule has 0 unspecified atom stereocenters. The number of aromatic nitrogens is 2. The van der Waals surface area contributed by atoms with Crippen LogP contribution in [0.4, 0.5) is 5.69 Å². The Hall–Kier alpha value is -2.91. The van der Waals surface area contributed by atoms with E-state index in [1.165, 1.54) is 18.2 Å². The summed E-state index contributed by atoms with van der Waals surface area (Å²) in [6.07, 6.45) is 1.02. The van der Waals surface area contributed by atoms with E-state index in [0.717, 1.165) is 17.4 Å². The lowest BCUT2D eigenvalue weighted by atomic mass is 10.1. The third kappa shape index (κ3) is 5.08. The fraction of sp³-hybridized carbons (Fsp3) is 0.167. The van der Waals surface area contributed by atoms with Crippen molar-refractivity contribution < 1.29 is 17.7 Å². The summed E-state index contributed by atoms with van der Waals surface area (Å²) in [4.78, 5) is 16.6. The first-order valence-corrected chi connectivity index (χ1v) is 10.4. The van der Waals surface area contributed by atoms with Gasteiger partial charge in [0.25, 0.3) is 5.91 Å². The fourth-order valence-electron chi connectivity index (χ4n) is 2.46. The number of hydrogen-bond donors (Lipinski definition) is 2. The molecule has 0 radical (unpaired) electrons. The number of nitrogens with one attached hydrogen (secondary N) is 2. The van der Waals surface area contributed by atoms with Crippen LogP contribution in [0.25, 0.3) is 11.4 Å². The number of anilines is 1. The molecule has 0 aliphatic heterocycles. The topological polar surface area (TPSA) is 114 Å². The summed E-state index contributed by atoms with van der Waals surface area (Å²) in [5.41, 5.74) is 2.35. The van der Waals surface area contributed by atoms with Crippen molar-refractivity contribution in [2.75, 3.05) is 11.0 Å². The zero-order valence-electron chi connectivity index (χ0n) is 15.1. The molecule has 0 aliphatic carbocycles. The number of sulfonamides is 1. The van der Waals surface area contributed by atoms with Crippen LogP contribution in [0, 0.1) is 6.92 Å². The first-order valence-electron chi connectivity index (χ1n) is 8.16. The molecule has 3 rings (SSSR count). The van der Waals surface area contributed by atoms with Gasteiger partial charge in [0.2, 0.25) is 21.7 Å². The van der Waals surface area contributed by atoms with E-state index in [1.807, 2.05) is 31.2 Å². The maximum absolute atomic E-state index is 12.3. The predicted molar refractivity (Wildman–Crippen MR) is 106 cm³/mol. The van der Waals surface area contributed by atoms with Crippen molar-refractivity contribution in [3.8, 4) is 11.4 Å². The number of hydrogen-bond acceptors (Lipinski definition) is 6. The molecule has 0 atom stereocenters. The van der Waals surface area contributed by atoms with Gasteiger partial charge in [-0.15, -0.1) is 0 Å². The summed E-state index contributed by atoms with van der Waals surface area (Å²) in [5.74, 6) is 0.227. The molecule has 0 saturated heterocycles. The molecule has 1 aromatic heterocycles. The van der Waals surface area contributed by atoms with Gasteiger partial charge in [0.15, 0.2) is 0 Å². The van der Waals surface area contributed by atoms with Crippen LogP contribution in [0.15, 0.2) is 47.0 Å². The number of halogens is 1. The average Bonchev–Trinajstić information content (AvgIpc) is 3.07. The van der Waals surface area contributed by atoms with Gasteiger partial charge in [0.1, 0.15) is 0 Å². The maximum Gasteiger partial charge on any atom is 0.253 e. The van der Waals surface area contributed by atoms with Crippen molar-refractivity contribution in [1.29, 1.82) is 0 Å². The number of carbonyl (C=O) groups is 1. The summed E-state index contributed by atoms with van der Waals surface area (Å²) in [6.45, 7) is 1.99. The van der Waals surface area contributed by atoms with Crippen molar-refractivity contribution in [3.05, 3.63) is 64.5 Å². The van der Waals surface area contributed by atoms with Crippen LogP contribution in [0.5, 0.6) is 0 Å². The van der Waals surface area contributed by atoms with Crippen molar-refractivity contribution in [1.82, 2.24) is 15.5 Å². The number of benzene rings is 2. The van der Waals surface area contributed by atoms with E-state index in [-0.39, 0.29) is 28.7 Å². The number of carbonyl (C=O) groups excluding carboxylic acids is 1. The fourth-order valence-corrected chi connectivity index (χ4v) is 3.28. The monoisotopic (exact) mass is 420 g/mol. The van der Waals surface area contributed by atoms with E-state index >= 15 is 0 Å². The molecule has 8 nitrogen and oxygen atoms in total. The average molecular weight is 421 g/mol. The molecular weight excluding hydrogens is 404 g/mol. The quantitative estimate of drug-likeness (QED) is 0.633. The highest BCUT2D eigenvalue weighted by Crippen LogP contribution is 2.22. The predicted octanol–water partition coefficient (Wildman–Crippen LogP) is 3.00. The summed E-state index contributed by atoms with van der Waals surface area (Å²) in [6, 6.07) is 11.9. The molecule has 2 N–H and O–H groups in total. The van der Waals surface area contributed by atoms with E-state index in [9.17, 15) is 13.2 Å². The molecule has 0 spiro atoms. The Kier molecular flexibility index (Phi) is 5.66. The third-order valence-corrected chi connectivity index (χ3v) is 4.58. The van der Waals surface area contributed by atoms with Crippen molar-refractivity contribution in [3.63, 3.8) is 0 Å². The first-order chi connectivity index (χ1) is 13.2. The molecule has 28 heavy (non-hydrogen) atoms. The number of amides is 1. The lowest BCUT2D eigenvalue weighted by Crippen LogP contribution is -2.23. The second-order valence-electron chi connectivity index (χ2n) is 6.13. The molecule has 2 aromatic carbocycles. The Morgan fingerprint density at radius 3 is 2.68 bits per heavy atom. The van der Waals surface area contributed by atoms with E-state index in [0.29, 0.717) is 5.82 Å². The van der Waals surface area contributed by atoms with Crippen molar-refractivity contribution in [2.45, 2.75) is 13.5 Å². The van der Waals surface area contributed by atoms with Gasteiger partial charge < -0.3 is 9.84 Å². The number of aryl methyl sites for hydroxylation is 1. The second-order valence-corrected chi connectivity index (χ2v) is 8.29. The molecular formula is C18H17ClN4O4S. The van der Waals surface area contributed by atoms with Crippen LogP contribution in [0.1, 0.15) is 21.8 Å². The Bertz CT molecular complexity index is 1130. The van der Waals surface area contributed by atoms with Gasteiger partial charge in [-0.05, 0) is 31.2 Å². The Labute approximate surface area is 167 Å². The molecule has 0 bridgehead atoms. The Morgan fingerprint density at radius 2 is 2.00 bits per heavy atom. The highest BCUT2D eigenvalue weighted by atomic mass is 35.5. The van der Waals surface area contributed by atoms with Gasteiger partial charge in [-0.3, -0.25) is 9.52 Å². The van der Waals surface area contributed by atoms with E-state index in [4.69, 9.17) is 16.1 Å². The minimum Gasteiger partial charge on any atom is -0.343 e. The van der Waals surface area contributed by atoms with Crippen LogP contribution in [-0.2, 0) is 16.6 Å². The van der Waals surface area contributed by atoms with E-state index in [1.54, 1.807) is 0 Å². The van der Waals surface area contributed by atoms with Crippen LogP contribution < -0.4 is 10.0 Å². The molecule has 146 valence electrons. The SMILES string of the molecule is Cc1cccc(-c2noc(CNC(=O)c3ccc(NS(C)(=O)=O)cc3Cl)n2)c1. The molecule has 0 fully saturated rings. The molecule has 10 heteroatoms. The van der Waals surface area contributed by atoms with Crippen LogP contribution >= 0.6 is 11.6 Å². The van der Waals surface area contributed by atoms with E-state index in [2.05, 4.69) is 20.2 Å². The van der Waals surface area contributed by atoms with Gasteiger partial charge in [0, 0.05) is 11.3 Å². The molecule has 1 amide bonds. The number of nitrogens with zero attached hydrogens (tertiary/aromatic N) is 2. The summed E-state index contributed by atoms with van der Waals surface area (Å²) in [5, 5.41) is 6.66. The summed E-state index contributed by atoms with van der Waals surface area (Å²) in [7, 11) is -3.43. The van der Waals surface area contributed by atoms with Gasteiger partial charge >= 0.3 is 0 Å². The largest absolute Gasteiger partial charge is 0.343 e. The Balaban J connectivity index is 1.66. The van der Waals surface area contributed by atoms with Crippen LogP contribution in [0.2, 0.25) is 5.02 Å². The standard InChI is InChI=1S/C18H17ClN4O4S/c1-11-4-3-5-12(8-11)17-21-16(27-22-17)10-20-18(24)14-7-6-13(9-15(14)19)23-28(2,25)26/h3-9,23H,10H2,1-2H3,(H,20,24). The minimum atomic E-state index is -3.43. The smallest absolute Gasteiger partial charge is 0.253 e. The molecule has 3 aromatic rings. The molecule has 1 heterocycles. The summed E-state index contributed by atoms with van der Waals surface area (Å²) >= 11 is 6.09. The zero-order valence-corrected chi connectivity index (χ0v) is 16.6. The second kappa shape index (κ2) is 7.99. The third-order valence-electron chi connectivity index (χ3n) is 3.66. The van der Waals surface area contributed by atoms with Crippen molar-refractivity contribution >= 4 is 33.2 Å². The zero-order chi connectivity index (χ0) is 20.3. The highest BCUT2D eigenvalue weighted by Gasteiger charge is 2.14. The van der Waals surface area contributed by atoms with Crippen molar-refractivity contribution in [2.24, 2.45) is 0 Å².